The lowest BCUT2D eigenvalue weighted by molar-refractivity contribution is -0.128. The molecule has 0 aromatic rings. The van der Waals surface area contributed by atoms with Crippen LogP contribution in [0.3, 0.4) is 0 Å². The van der Waals surface area contributed by atoms with Crippen LogP contribution in [-0.2, 0) is 0 Å². The van der Waals surface area contributed by atoms with E-state index in [1.165, 1.54) is 4.90 Å². The number of aliphatic hydroxyl groups is 4. The van der Waals surface area contributed by atoms with Crippen LogP contribution in [0.15, 0.2) is 4.99 Å². The Bertz CT molecular complexity index is 287. The average molecular weight is 261 g/mol. The van der Waals surface area contributed by atoms with Crippen molar-refractivity contribution in [2.75, 3.05) is 19.7 Å². The Morgan fingerprint density at radius 3 is 2.56 bits per heavy atom. The van der Waals surface area contributed by atoms with Gasteiger partial charge in [-0.05, 0) is 6.42 Å². The zero-order valence-corrected chi connectivity index (χ0v) is 10.6. The Balaban J connectivity index is 2.75. The van der Waals surface area contributed by atoms with Crippen molar-refractivity contribution in [3.05, 3.63) is 0 Å². The van der Waals surface area contributed by atoms with E-state index in [0.29, 0.717) is 6.54 Å². The van der Waals surface area contributed by atoms with Crippen LogP contribution in [0.2, 0.25) is 0 Å². The number of piperidine rings is 1. The van der Waals surface area contributed by atoms with Crippen molar-refractivity contribution < 1.29 is 20.4 Å². The first-order valence-corrected chi connectivity index (χ1v) is 6.24. The summed E-state index contributed by atoms with van der Waals surface area (Å²) >= 11 is 0. The maximum atomic E-state index is 9.78. The second-order valence-electron chi connectivity index (χ2n) is 4.54. The summed E-state index contributed by atoms with van der Waals surface area (Å²) in [6, 6.07) is -0.742. The summed E-state index contributed by atoms with van der Waals surface area (Å²) in [6.07, 6.45) is -1.75. The van der Waals surface area contributed by atoms with Crippen molar-refractivity contribution in [3.8, 4) is 0 Å². The quantitative estimate of drug-likeness (QED) is 0.224. The van der Waals surface area contributed by atoms with Gasteiger partial charge in [-0.2, -0.15) is 0 Å². The number of β-amino-alcohol motifs (C(OH)–C–C–N with tert-alkyl or cyclic N) is 1. The normalized spacial score (nSPS) is 33.8. The molecule has 0 aromatic carbocycles. The molecule has 0 aromatic heterocycles. The monoisotopic (exact) mass is 261 g/mol. The van der Waals surface area contributed by atoms with E-state index in [9.17, 15) is 20.4 Å². The summed E-state index contributed by atoms with van der Waals surface area (Å²) in [5.41, 5.74) is 5.79. The van der Waals surface area contributed by atoms with Crippen LogP contribution in [-0.4, -0.2) is 75.3 Å². The van der Waals surface area contributed by atoms with Crippen LogP contribution < -0.4 is 5.73 Å². The summed E-state index contributed by atoms with van der Waals surface area (Å²) in [5, 5.41) is 38.2. The van der Waals surface area contributed by atoms with Crippen molar-refractivity contribution in [1.82, 2.24) is 4.90 Å². The fraction of sp³-hybridized carbons (Fsp3) is 0.909. The molecule has 1 rings (SSSR count). The number of rotatable bonds is 4. The molecule has 1 heterocycles. The first-order valence-electron chi connectivity index (χ1n) is 6.24. The van der Waals surface area contributed by atoms with Gasteiger partial charge in [0.1, 0.15) is 18.3 Å². The van der Waals surface area contributed by atoms with Gasteiger partial charge in [-0.25, -0.2) is 0 Å². The van der Waals surface area contributed by atoms with E-state index in [1.54, 1.807) is 0 Å². The molecule has 1 aliphatic rings. The Hall–Kier alpha value is -0.890. The number of guanidine groups is 1. The number of nitrogens with two attached hydrogens (primary N) is 1. The molecule has 0 saturated carbocycles. The van der Waals surface area contributed by atoms with Crippen LogP contribution in [0.4, 0.5) is 0 Å². The Labute approximate surface area is 107 Å². The van der Waals surface area contributed by atoms with E-state index in [4.69, 9.17) is 5.73 Å². The number of aliphatic imine (C=N–C) groups is 1. The first-order chi connectivity index (χ1) is 8.52. The standard InChI is InChI=1S/C11H23N3O4/c1-2-3-4-13-11(12)14-5-8(16)10(18)9(17)7(14)6-15/h7-10,15-18H,2-6H2,1H3,(H2,12,13)/t7-,8+,9-,10-/m1/s1. The molecular formula is C11H23N3O4. The fourth-order valence-corrected chi connectivity index (χ4v) is 2.00. The van der Waals surface area contributed by atoms with Crippen LogP contribution >= 0.6 is 0 Å². The topological polar surface area (TPSA) is 123 Å². The van der Waals surface area contributed by atoms with Gasteiger partial charge in [-0.1, -0.05) is 13.3 Å². The minimum atomic E-state index is -1.28. The molecule has 18 heavy (non-hydrogen) atoms. The van der Waals surface area contributed by atoms with E-state index in [1.807, 2.05) is 6.92 Å². The molecule has 1 saturated heterocycles. The summed E-state index contributed by atoms with van der Waals surface area (Å²) in [5.74, 6) is 0.174. The van der Waals surface area contributed by atoms with Crippen LogP contribution in [0.25, 0.3) is 0 Å². The van der Waals surface area contributed by atoms with Gasteiger partial charge in [-0.15, -0.1) is 0 Å². The third kappa shape index (κ3) is 3.32. The third-order valence-corrected chi connectivity index (χ3v) is 3.19. The van der Waals surface area contributed by atoms with Gasteiger partial charge in [0.2, 0.25) is 0 Å². The lowest BCUT2D eigenvalue weighted by Crippen LogP contribution is -2.65. The van der Waals surface area contributed by atoms with Gasteiger partial charge in [0.15, 0.2) is 5.96 Å². The SMILES string of the molecule is CCCCN=C(N)N1C[C@H](O)[C@@H](O)[C@H](O)[C@H]1CO. The molecule has 7 heteroatoms. The maximum absolute atomic E-state index is 9.78. The molecular weight excluding hydrogens is 238 g/mol. The van der Waals surface area contributed by atoms with Crippen molar-refractivity contribution in [2.24, 2.45) is 10.7 Å². The number of unbranched alkanes of at least 4 members (excludes halogenated alkanes) is 1. The van der Waals surface area contributed by atoms with E-state index in [-0.39, 0.29) is 19.1 Å². The van der Waals surface area contributed by atoms with E-state index in [2.05, 4.69) is 4.99 Å². The maximum Gasteiger partial charge on any atom is 0.191 e. The zero-order valence-electron chi connectivity index (χ0n) is 10.6. The highest BCUT2D eigenvalue weighted by atomic mass is 16.4. The Kier molecular flexibility index (Phi) is 5.80. The number of likely N-dealkylation sites (tertiary alicyclic amines) is 1. The summed E-state index contributed by atoms with van der Waals surface area (Å²) < 4.78 is 0. The van der Waals surface area contributed by atoms with Crippen LogP contribution in [0, 0.1) is 0 Å². The number of hydrogen-bond donors (Lipinski definition) is 5. The second kappa shape index (κ2) is 6.89. The summed E-state index contributed by atoms with van der Waals surface area (Å²) in [4.78, 5) is 5.58. The minimum Gasteiger partial charge on any atom is -0.394 e. The largest absolute Gasteiger partial charge is 0.394 e. The molecule has 0 unspecified atom stereocenters. The highest BCUT2D eigenvalue weighted by molar-refractivity contribution is 5.78. The van der Waals surface area contributed by atoms with Crippen LogP contribution in [0.5, 0.6) is 0 Å². The summed E-state index contributed by atoms with van der Waals surface area (Å²) in [6.45, 7) is 2.28. The number of nitrogens with zero attached hydrogens (tertiary/aromatic N) is 2. The van der Waals surface area contributed by atoms with Gasteiger partial charge < -0.3 is 31.1 Å². The second-order valence-corrected chi connectivity index (χ2v) is 4.54. The highest BCUT2D eigenvalue weighted by Crippen LogP contribution is 2.18. The molecule has 0 bridgehead atoms. The van der Waals surface area contributed by atoms with Crippen molar-refractivity contribution in [1.29, 1.82) is 0 Å². The molecule has 1 fully saturated rings. The molecule has 0 radical (unpaired) electrons. The number of hydrogen-bond acceptors (Lipinski definition) is 5. The third-order valence-electron chi connectivity index (χ3n) is 3.19. The predicted molar refractivity (Wildman–Crippen MR) is 67.0 cm³/mol. The highest BCUT2D eigenvalue weighted by Gasteiger charge is 2.41. The van der Waals surface area contributed by atoms with Gasteiger partial charge in [0.25, 0.3) is 0 Å². The Morgan fingerprint density at radius 1 is 1.33 bits per heavy atom. The Morgan fingerprint density at radius 2 is 2.00 bits per heavy atom. The van der Waals surface area contributed by atoms with Crippen molar-refractivity contribution in [3.63, 3.8) is 0 Å². The lowest BCUT2D eigenvalue weighted by atomic mass is 9.94. The molecule has 0 spiro atoms. The van der Waals surface area contributed by atoms with Gasteiger partial charge in [0.05, 0.1) is 12.6 Å². The predicted octanol–water partition coefficient (Wildman–Crippen LogP) is -2.14. The first kappa shape index (κ1) is 15.2. The van der Waals surface area contributed by atoms with Gasteiger partial charge in [0, 0.05) is 13.1 Å². The van der Waals surface area contributed by atoms with Crippen LogP contribution in [0.1, 0.15) is 19.8 Å². The van der Waals surface area contributed by atoms with E-state index >= 15 is 0 Å². The molecule has 4 atom stereocenters. The molecule has 0 aliphatic carbocycles. The average Bonchev–Trinajstić information content (AvgIpc) is 2.35. The zero-order chi connectivity index (χ0) is 13.7. The fourth-order valence-electron chi connectivity index (χ4n) is 2.00. The lowest BCUT2D eigenvalue weighted by Gasteiger charge is -2.43. The van der Waals surface area contributed by atoms with Gasteiger partial charge in [-0.3, -0.25) is 4.99 Å². The molecule has 7 nitrogen and oxygen atoms in total. The van der Waals surface area contributed by atoms with Crippen molar-refractivity contribution >= 4 is 5.96 Å². The van der Waals surface area contributed by atoms with E-state index < -0.39 is 24.4 Å². The summed E-state index contributed by atoms with van der Waals surface area (Å²) in [7, 11) is 0. The minimum absolute atomic E-state index is 0.0465. The smallest absolute Gasteiger partial charge is 0.191 e. The number of aliphatic hydroxyl groups excluding tert-OH is 4. The van der Waals surface area contributed by atoms with Gasteiger partial charge >= 0.3 is 0 Å². The molecule has 106 valence electrons. The van der Waals surface area contributed by atoms with Crippen molar-refractivity contribution in [2.45, 2.75) is 44.1 Å². The molecule has 6 N–H and O–H groups in total. The molecule has 1 aliphatic heterocycles. The van der Waals surface area contributed by atoms with E-state index in [0.717, 1.165) is 12.8 Å². The molecule has 0 amide bonds.